The molecule has 1 aliphatic heterocycles. The van der Waals surface area contributed by atoms with Crippen LogP contribution in [0.1, 0.15) is 12.8 Å². The quantitative estimate of drug-likeness (QED) is 0.557. The first-order valence-corrected chi connectivity index (χ1v) is 5.31. The van der Waals surface area contributed by atoms with Crippen molar-refractivity contribution in [3.8, 4) is 0 Å². The fourth-order valence-electron chi connectivity index (χ4n) is 1.82. The van der Waals surface area contributed by atoms with Gasteiger partial charge in [-0.2, -0.15) is 0 Å². The Bertz CT molecular complexity index is 227. The lowest BCUT2D eigenvalue weighted by molar-refractivity contribution is -0.142. The second-order valence-electron chi connectivity index (χ2n) is 4.04. The topological polar surface area (TPSA) is 88.0 Å². The third-order valence-corrected chi connectivity index (χ3v) is 2.86. The number of hydrogen-bond donors (Lipinski definition) is 3. The minimum Gasteiger partial charge on any atom is -0.480 e. The van der Waals surface area contributed by atoms with E-state index >= 15 is 0 Å². The average Bonchev–Trinajstić information content (AvgIpc) is 2.29. The van der Waals surface area contributed by atoms with Gasteiger partial charge in [-0.25, -0.2) is 0 Å². The summed E-state index contributed by atoms with van der Waals surface area (Å²) in [6, 6.07) is -0.796. The molecular formula is C10H19NO5. The summed E-state index contributed by atoms with van der Waals surface area (Å²) in [6.45, 7) is 1.06. The monoisotopic (exact) mass is 233 g/mol. The van der Waals surface area contributed by atoms with E-state index in [1.807, 2.05) is 0 Å². The molecule has 1 atom stereocenters. The summed E-state index contributed by atoms with van der Waals surface area (Å²) in [6.07, 6.45) is 1.22. The number of carboxylic acids is 1. The minimum atomic E-state index is -0.971. The van der Waals surface area contributed by atoms with Gasteiger partial charge in [-0.1, -0.05) is 0 Å². The van der Waals surface area contributed by atoms with Crippen LogP contribution in [0.15, 0.2) is 0 Å². The number of carbonyl (C=O) groups is 1. The summed E-state index contributed by atoms with van der Waals surface area (Å²) in [5.41, 5.74) is -0.556. The lowest BCUT2D eigenvalue weighted by atomic mass is 9.90. The molecular weight excluding hydrogens is 214 g/mol. The Morgan fingerprint density at radius 1 is 1.56 bits per heavy atom. The first-order chi connectivity index (χ1) is 7.63. The summed E-state index contributed by atoms with van der Waals surface area (Å²) < 4.78 is 10.0. The summed E-state index contributed by atoms with van der Waals surface area (Å²) >= 11 is 0. The Morgan fingerprint density at radius 3 is 2.62 bits per heavy atom. The molecule has 1 unspecified atom stereocenters. The maximum atomic E-state index is 11.0. The first-order valence-electron chi connectivity index (χ1n) is 5.31. The Kier molecular flexibility index (Phi) is 5.14. The number of aliphatic hydroxyl groups excluding tert-OH is 1. The van der Waals surface area contributed by atoms with Crippen molar-refractivity contribution in [1.82, 2.24) is 5.32 Å². The second kappa shape index (κ2) is 6.15. The highest BCUT2D eigenvalue weighted by atomic mass is 16.5. The zero-order valence-electron chi connectivity index (χ0n) is 9.44. The van der Waals surface area contributed by atoms with Crippen LogP contribution in [0.25, 0.3) is 0 Å². The number of nitrogens with one attached hydrogen (secondary N) is 1. The molecule has 0 aliphatic carbocycles. The van der Waals surface area contributed by atoms with E-state index in [1.165, 1.54) is 7.11 Å². The number of methoxy groups -OCH3 is 1. The minimum absolute atomic E-state index is 0.0813. The third kappa shape index (κ3) is 3.41. The maximum Gasteiger partial charge on any atom is 0.323 e. The van der Waals surface area contributed by atoms with Gasteiger partial charge in [-0.3, -0.25) is 10.1 Å². The first kappa shape index (κ1) is 13.4. The molecule has 94 valence electrons. The normalized spacial score (nSPS) is 21.6. The molecule has 6 nitrogen and oxygen atoms in total. The van der Waals surface area contributed by atoms with Crippen molar-refractivity contribution in [1.29, 1.82) is 0 Å². The SMILES string of the molecule is COCC(NC1(CO)CCOCC1)C(=O)O. The molecule has 1 heterocycles. The van der Waals surface area contributed by atoms with Gasteiger partial charge in [0.25, 0.3) is 0 Å². The molecule has 6 heteroatoms. The standard InChI is InChI=1S/C10H19NO5/c1-15-6-8(9(13)14)11-10(7-12)2-4-16-5-3-10/h8,11-12H,2-7H2,1H3,(H,13,14). The summed E-state index contributed by atoms with van der Waals surface area (Å²) in [7, 11) is 1.45. The number of aliphatic carboxylic acids is 1. The molecule has 16 heavy (non-hydrogen) atoms. The van der Waals surface area contributed by atoms with Crippen molar-refractivity contribution in [2.75, 3.05) is 33.5 Å². The zero-order valence-corrected chi connectivity index (χ0v) is 9.44. The number of aliphatic hydroxyl groups is 1. The smallest absolute Gasteiger partial charge is 0.323 e. The number of hydrogen-bond acceptors (Lipinski definition) is 5. The van der Waals surface area contributed by atoms with Crippen LogP contribution in [-0.2, 0) is 14.3 Å². The molecule has 1 saturated heterocycles. The van der Waals surface area contributed by atoms with Crippen LogP contribution in [0.5, 0.6) is 0 Å². The van der Waals surface area contributed by atoms with Gasteiger partial charge in [0.2, 0.25) is 0 Å². The van der Waals surface area contributed by atoms with Gasteiger partial charge in [0.15, 0.2) is 0 Å². The van der Waals surface area contributed by atoms with E-state index in [2.05, 4.69) is 5.32 Å². The highest BCUT2D eigenvalue weighted by molar-refractivity contribution is 5.73. The van der Waals surface area contributed by atoms with E-state index in [4.69, 9.17) is 14.6 Å². The highest BCUT2D eigenvalue weighted by Crippen LogP contribution is 2.20. The lowest BCUT2D eigenvalue weighted by Gasteiger charge is -2.38. The van der Waals surface area contributed by atoms with Gasteiger partial charge in [0.05, 0.1) is 13.2 Å². The second-order valence-corrected chi connectivity index (χ2v) is 4.04. The fourth-order valence-corrected chi connectivity index (χ4v) is 1.82. The Hall–Kier alpha value is -0.690. The van der Waals surface area contributed by atoms with Gasteiger partial charge in [-0.05, 0) is 12.8 Å². The lowest BCUT2D eigenvalue weighted by Crippen LogP contribution is -2.59. The van der Waals surface area contributed by atoms with Crippen LogP contribution in [0.4, 0.5) is 0 Å². The number of rotatable bonds is 6. The molecule has 0 amide bonds. The average molecular weight is 233 g/mol. The Labute approximate surface area is 94.5 Å². The van der Waals surface area contributed by atoms with Crippen LogP contribution in [0.2, 0.25) is 0 Å². The predicted octanol–water partition coefficient (Wildman–Crippen LogP) is -0.783. The van der Waals surface area contributed by atoms with E-state index in [0.717, 1.165) is 0 Å². The number of ether oxygens (including phenoxy) is 2. The fraction of sp³-hybridized carbons (Fsp3) is 0.900. The predicted molar refractivity (Wildman–Crippen MR) is 56.3 cm³/mol. The summed E-state index contributed by atoms with van der Waals surface area (Å²) in [5.74, 6) is -0.971. The van der Waals surface area contributed by atoms with Gasteiger partial charge in [-0.15, -0.1) is 0 Å². The Balaban J connectivity index is 2.61. The van der Waals surface area contributed by atoms with E-state index in [1.54, 1.807) is 0 Å². The largest absolute Gasteiger partial charge is 0.480 e. The molecule has 0 radical (unpaired) electrons. The van der Waals surface area contributed by atoms with Crippen molar-refractivity contribution in [2.24, 2.45) is 0 Å². The van der Waals surface area contributed by atoms with Crippen LogP contribution in [-0.4, -0.2) is 61.3 Å². The zero-order chi connectivity index (χ0) is 12.0. The molecule has 1 rings (SSSR count). The number of carboxylic acid groups (broad SMARTS) is 1. The van der Waals surface area contributed by atoms with Gasteiger partial charge in [0.1, 0.15) is 6.04 Å². The summed E-state index contributed by atoms with van der Waals surface area (Å²) in [4.78, 5) is 11.0. The molecule has 0 aromatic rings. The van der Waals surface area contributed by atoms with Crippen molar-refractivity contribution in [3.05, 3.63) is 0 Å². The summed E-state index contributed by atoms with van der Waals surface area (Å²) in [5, 5.41) is 21.3. The molecule has 0 saturated carbocycles. The van der Waals surface area contributed by atoms with Crippen molar-refractivity contribution in [3.63, 3.8) is 0 Å². The van der Waals surface area contributed by atoms with Crippen LogP contribution < -0.4 is 5.32 Å². The van der Waals surface area contributed by atoms with Gasteiger partial charge in [0, 0.05) is 25.9 Å². The van der Waals surface area contributed by atoms with E-state index in [9.17, 15) is 9.90 Å². The van der Waals surface area contributed by atoms with E-state index in [-0.39, 0.29) is 13.2 Å². The molecule has 0 aromatic heterocycles. The maximum absolute atomic E-state index is 11.0. The molecule has 0 bridgehead atoms. The van der Waals surface area contributed by atoms with Crippen molar-refractivity contribution >= 4 is 5.97 Å². The van der Waals surface area contributed by atoms with Crippen LogP contribution >= 0.6 is 0 Å². The van der Waals surface area contributed by atoms with Gasteiger partial charge < -0.3 is 19.7 Å². The van der Waals surface area contributed by atoms with Crippen molar-refractivity contribution in [2.45, 2.75) is 24.4 Å². The molecule has 1 aliphatic rings. The van der Waals surface area contributed by atoms with Crippen LogP contribution in [0.3, 0.4) is 0 Å². The third-order valence-electron chi connectivity index (χ3n) is 2.86. The van der Waals surface area contributed by atoms with Gasteiger partial charge >= 0.3 is 5.97 Å². The van der Waals surface area contributed by atoms with E-state index < -0.39 is 17.6 Å². The molecule has 3 N–H and O–H groups in total. The highest BCUT2D eigenvalue weighted by Gasteiger charge is 2.35. The van der Waals surface area contributed by atoms with E-state index in [0.29, 0.717) is 26.1 Å². The Morgan fingerprint density at radius 2 is 2.19 bits per heavy atom. The van der Waals surface area contributed by atoms with Crippen LogP contribution in [0, 0.1) is 0 Å². The molecule has 0 spiro atoms. The molecule has 1 fully saturated rings. The van der Waals surface area contributed by atoms with Crippen molar-refractivity contribution < 1.29 is 24.5 Å². The molecule has 0 aromatic carbocycles.